The number of aliphatic carboxylic acids is 1. The van der Waals surface area contributed by atoms with Crippen molar-refractivity contribution in [2.45, 2.75) is 50.3 Å². The highest BCUT2D eigenvalue weighted by Gasteiger charge is 2.48. The summed E-state index contributed by atoms with van der Waals surface area (Å²) in [5.74, 6) is -1.72. The first-order valence-corrected chi connectivity index (χ1v) is 8.01. The van der Waals surface area contributed by atoms with Crippen LogP contribution < -0.4 is 0 Å². The predicted molar refractivity (Wildman–Crippen MR) is 83.5 cm³/mol. The van der Waals surface area contributed by atoms with E-state index in [0.717, 1.165) is 6.20 Å². The van der Waals surface area contributed by atoms with Crippen LogP contribution in [0.25, 0.3) is 0 Å². The van der Waals surface area contributed by atoms with Gasteiger partial charge in [-0.1, -0.05) is 0 Å². The molecule has 0 bridgehead atoms. The summed E-state index contributed by atoms with van der Waals surface area (Å²) in [7, 11) is 0. The molecule has 1 aliphatic heterocycles. The van der Waals surface area contributed by atoms with E-state index in [9.17, 15) is 30.2 Å². The van der Waals surface area contributed by atoms with E-state index in [4.69, 9.17) is 26.2 Å². The molecule has 1 aromatic rings. The fourth-order valence-electron chi connectivity index (χ4n) is 2.51. The first kappa shape index (κ1) is 20.5. The number of aromatic nitrogens is 2. The van der Waals surface area contributed by atoms with E-state index in [0.29, 0.717) is 5.82 Å². The molecule has 1 saturated heterocycles. The Hall–Kier alpha value is -1.83. The molecule has 1 aromatic heterocycles. The van der Waals surface area contributed by atoms with Crippen LogP contribution in [0.15, 0.2) is 6.20 Å². The molecule has 26 heavy (non-hydrogen) atoms. The van der Waals surface area contributed by atoms with E-state index in [-0.39, 0.29) is 18.2 Å². The Bertz CT molecular complexity index is 669. The molecule has 1 aliphatic rings. The maximum Gasteiger partial charge on any atom is 0.342 e. The van der Waals surface area contributed by atoms with Crippen LogP contribution in [0.5, 0.6) is 0 Å². The molecule has 0 amide bonds. The van der Waals surface area contributed by atoms with Crippen LogP contribution in [0.1, 0.15) is 5.82 Å². The third kappa shape index (κ3) is 4.11. The van der Waals surface area contributed by atoms with Crippen molar-refractivity contribution in [1.82, 2.24) is 9.55 Å². The van der Waals surface area contributed by atoms with Gasteiger partial charge in [-0.2, -0.15) is 0 Å². The van der Waals surface area contributed by atoms with E-state index in [1.165, 1.54) is 11.5 Å². The minimum absolute atomic E-state index is 0.130. The highest BCUT2D eigenvalue weighted by Crippen LogP contribution is 2.24. The van der Waals surface area contributed by atoms with Gasteiger partial charge in [0.2, 0.25) is 0 Å². The highest BCUT2D eigenvalue weighted by atomic mass is 35.5. The van der Waals surface area contributed by atoms with Gasteiger partial charge in [-0.05, 0) is 4.92 Å². The molecule has 2 heterocycles. The first-order valence-electron chi connectivity index (χ1n) is 7.47. The van der Waals surface area contributed by atoms with Crippen LogP contribution in [0.2, 0.25) is 0 Å². The SMILES string of the molecule is Cc1ncc([N+](=O)[O-])n1CC(CCl)OC1O[C@H](C(=O)O)[C@@H](O)[C@H](O)[C@H]1O. The number of aliphatic hydroxyl groups is 3. The molecule has 146 valence electrons. The quantitative estimate of drug-likeness (QED) is 0.244. The zero-order valence-electron chi connectivity index (χ0n) is 13.5. The Morgan fingerprint density at radius 2 is 2.12 bits per heavy atom. The van der Waals surface area contributed by atoms with Crippen molar-refractivity contribution in [2.75, 3.05) is 5.88 Å². The number of carboxylic acids is 1. The van der Waals surface area contributed by atoms with Gasteiger partial charge in [-0.15, -0.1) is 11.6 Å². The molecule has 12 nitrogen and oxygen atoms in total. The normalized spacial score (nSPS) is 30.1. The second-order valence-electron chi connectivity index (χ2n) is 5.68. The number of carbonyl (C=O) groups is 1. The van der Waals surface area contributed by atoms with Crippen LogP contribution in [0, 0.1) is 17.0 Å². The summed E-state index contributed by atoms with van der Waals surface area (Å²) in [4.78, 5) is 25.3. The van der Waals surface area contributed by atoms with Crippen molar-refractivity contribution in [3.05, 3.63) is 22.1 Å². The third-order valence-electron chi connectivity index (χ3n) is 3.92. The average Bonchev–Trinajstić information content (AvgIpc) is 2.94. The zero-order valence-corrected chi connectivity index (χ0v) is 14.3. The summed E-state index contributed by atoms with van der Waals surface area (Å²) in [6, 6.07) is 0. The number of carboxylic acid groups (broad SMARTS) is 1. The molecule has 6 atom stereocenters. The lowest BCUT2D eigenvalue weighted by molar-refractivity contribution is -0.392. The summed E-state index contributed by atoms with van der Waals surface area (Å²) in [5.41, 5.74) is 0. The number of halogens is 1. The number of rotatable bonds is 7. The summed E-state index contributed by atoms with van der Waals surface area (Å²) in [6.45, 7) is 1.40. The van der Waals surface area contributed by atoms with Crippen molar-refractivity contribution in [1.29, 1.82) is 0 Å². The number of ether oxygens (including phenoxy) is 2. The summed E-state index contributed by atoms with van der Waals surface area (Å²) >= 11 is 5.81. The zero-order chi connectivity index (χ0) is 19.6. The number of imidazole rings is 1. The van der Waals surface area contributed by atoms with Gasteiger partial charge in [0.15, 0.2) is 18.2 Å². The van der Waals surface area contributed by atoms with Gasteiger partial charge in [-0.25, -0.2) is 14.3 Å². The number of nitro groups is 1. The summed E-state index contributed by atoms with van der Waals surface area (Å²) in [5, 5.41) is 49.4. The molecule has 2 unspecified atom stereocenters. The summed E-state index contributed by atoms with van der Waals surface area (Å²) in [6.07, 6.45) is -8.73. The fourth-order valence-corrected chi connectivity index (χ4v) is 2.68. The predicted octanol–water partition coefficient (Wildman–Crippen LogP) is -1.38. The van der Waals surface area contributed by atoms with Crippen molar-refractivity contribution in [3.8, 4) is 0 Å². The largest absolute Gasteiger partial charge is 0.479 e. The molecule has 2 rings (SSSR count). The highest BCUT2D eigenvalue weighted by molar-refractivity contribution is 6.18. The third-order valence-corrected chi connectivity index (χ3v) is 4.26. The molecular weight excluding hydrogens is 378 g/mol. The number of alkyl halides is 1. The Labute approximate surface area is 151 Å². The minimum Gasteiger partial charge on any atom is -0.479 e. The molecule has 13 heteroatoms. The smallest absolute Gasteiger partial charge is 0.342 e. The maximum atomic E-state index is 11.1. The molecule has 0 aliphatic carbocycles. The van der Waals surface area contributed by atoms with Crippen molar-refractivity contribution in [2.24, 2.45) is 0 Å². The van der Waals surface area contributed by atoms with Gasteiger partial charge in [0, 0.05) is 6.92 Å². The van der Waals surface area contributed by atoms with Crippen LogP contribution in [0.4, 0.5) is 5.82 Å². The van der Waals surface area contributed by atoms with E-state index in [1.807, 2.05) is 0 Å². The van der Waals surface area contributed by atoms with Gasteiger partial charge in [0.1, 0.15) is 37.2 Å². The van der Waals surface area contributed by atoms with Crippen molar-refractivity contribution >= 4 is 23.4 Å². The van der Waals surface area contributed by atoms with E-state index < -0.39 is 47.7 Å². The van der Waals surface area contributed by atoms with Crippen LogP contribution >= 0.6 is 11.6 Å². The van der Waals surface area contributed by atoms with Gasteiger partial charge < -0.3 is 40.0 Å². The lowest BCUT2D eigenvalue weighted by Gasteiger charge is -2.39. The molecule has 0 radical (unpaired) electrons. The lowest BCUT2D eigenvalue weighted by atomic mass is 9.99. The van der Waals surface area contributed by atoms with E-state index in [2.05, 4.69) is 4.98 Å². The Morgan fingerprint density at radius 1 is 1.46 bits per heavy atom. The van der Waals surface area contributed by atoms with Crippen molar-refractivity contribution in [3.63, 3.8) is 0 Å². The average molecular weight is 396 g/mol. The van der Waals surface area contributed by atoms with Crippen LogP contribution in [0.3, 0.4) is 0 Å². The lowest BCUT2D eigenvalue weighted by Crippen LogP contribution is -2.61. The van der Waals surface area contributed by atoms with Crippen LogP contribution in [-0.2, 0) is 20.8 Å². The molecule has 4 N–H and O–H groups in total. The first-order chi connectivity index (χ1) is 12.2. The number of nitrogens with zero attached hydrogens (tertiary/aromatic N) is 3. The van der Waals surface area contributed by atoms with Gasteiger partial charge in [-0.3, -0.25) is 0 Å². The molecular formula is C13H18ClN3O9. The summed E-state index contributed by atoms with van der Waals surface area (Å²) < 4.78 is 11.6. The molecule has 1 fully saturated rings. The van der Waals surface area contributed by atoms with Crippen molar-refractivity contribution < 1.29 is 39.6 Å². The molecule has 0 aromatic carbocycles. The number of hydrogen-bond donors (Lipinski definition) is 4. The Balaban J connectivity index is 2.15. The standard InChI is InChI=1S/C13H18ClN3O9/c1-5-15-3-7(17(23)24)16(5)4-6(2-14)25-13-10(20)8(18)9(19)11(26-13)12(21)22/h3,6,8-11,13,18-20H,2,4H2,1H3,(H,21,22)/t6?,8-,9-,10+,11-,13?/m0/s1. The van der Waals surface area contributed by atoms with E-state index in [1.54, 1.807) is 0 Å². The number of aliphatic hydroxyl groups excluding tert-OH is 3. The monoisotopic (exact) mass is 395 g/mol. The minimum atomic E-state index is -1.85. The van der Waals surface area contributed by atoms with Gasteiger partial charge >= 0.3 is 11.8 Å². The second-order valence-corrected chi connectivity index (χ2v) is 5.99. The van der Waals surface area contributed by atoms with Gasteiger partial charge in [0.25, 0.3) is 0 Å². The Morgan fingerprint density at radius 3 is 2.65 bits per heavy atom. The maximum absolute atomic E-state index is 11.1. The second kappa shape index (κ2) is 8.24. The van der Waals surface area contributed by atoms with E-state index >= 15 is 0 Å². The molecule has 0 saturated carbocycles. The van der Waals surface area contributed by atoms with Crippen LogP contribution in [-0.4, -0.2) is 83.6 Å². The fraction of sp³-hybridized carbons (Fsp3) is 0.692. The molecule has 0 spiro atoms. The van der Waals surface area contributed by atoms with Gasteiger partial charge in [0.05, 0.1) is 5.88 Å². The topological polar surface area (TPSA) is 177 Å². The number of aryl methyl sites for hydroxylation is 1. The number of hydrogen-bond acceptors (Lipinski definition) is 9. The Kier molecular flexibility index (Phi) is 6.49.